The summed E-state index contributed by atoms with van der Waals surface area (Å²) in [5.41, 5.74) is 1.89. The minimum Gasteiger partial charge on any atom is -0.481 e. The first-order chi connectivity index (χ1) is 11.0. The summed E-state index contributed by atoms with van der Waals surface area (Å²) >= 11 is 3.34. The van der Waals surface area contributed by atoms with Gasteiger partial charge in [0.05, 0.1) is 5.92 Å². The van der Waals surface area contributed by atoms with Gasteiger partial charge in [0.1, 0.15) is 0 Å². The second-order valence-corrected chi connectivity index (χ2v) is 6.25. The van der Waals surface area contributed by atoms with Gasteiger partial charge in [-0.1, -0.05) is 58.4 Å². The zero-order valence-electron chi connectivity index (χ0n) is 12.5. The smallest absolute Gasteiger partial charge is 0.307 e. The van der Waals surface area contributed by atoms with Gasteiger partial charge in [0.25, 0.3) is 0 Å². The minimum absolute atomic E-state index is 0.0295. The van der Waals surface area contributed by atoms with Crippen LogP contribution in [0.1, 0.15) is 17.5 Å². The highest BCUT2D eigenvalue weighted by Gasteiger charge is 2.21. The van der Waals surface area contributed by atoms with Gasteiger partial charge >= 0.3 is 5.97 Å². The van der Waals surface area contributed by atoms with Gasteiger partial charge in [0, 0.05) is 17.4 Å². The van der Waals surface area contributed by atoms with Gasteiger partial charge < -0.3 is 10.4 Å². The fraction of sp³-hybridized carbons (Fsp3) is 0.222. The Bertz CT molecular complexity index is 656. The largest absolute Gasteiger partial charge is 0.481 e. The molecular weight excluding hydrogens is 358 g/mol. The summed E-state index contributed by atoms with van der Waals surface area (Å²) < 4.78 is 0.939. The molecule has 0 radical (unpaired) electrons. The fourth-order valence-corrected chi connectivity index (χ4v) is 2.51. The quantitative estimate of drug-likeness (QED) is 0.779. The van der Waals surface area contributed by atoms with E-state index in [0.29, 0.717) is 13.0 Å². The van der Waals surface area contributed by atoms with Crippen molar-refractivity contribution in [3.63, 3.8) is 0 Å². The van der Waals surface area contributed by atoms with E-state index in [1.54, 1.807) is 0 Å². The highest BCUT2D eigenvalue weighted by molar-refractivity contribution is 9.10. The van der Waals surface area contributed by atoms with E-state index in [1.807, 2.05) is 54.6 Å². The van der Waals surface area contributed by atoms with Crippen molar-refractivity contribution in [3.05, 3.63) is 70.2 Å². The van der Waals surface area contributed by atoms with E-state index < -0.39 is 11.9 Å². The lowest BCUT2D eigenvalue weighted by molar-refractivity contribution is -0.144. The molecule has 0 aliphatic carbocycles. The third kappa shape index (κ3) is 5.87. The SMILES string of the molecule is O=C(C[C@H](Cc1ccc(Br)cc1)C(=O)O)NCc1ccccc1. The number of amides is 1. The van der Waals surface area contributed by atoms with Crippen molar-refractivity contribution in [1.82, 2.24) is 5.32 Å². The van der Waals surface area contributed by atoms with Crippen molar-refractivity contribution in [2.45, 2.75) is 19.4 Å². The molecule has 2 aromatic carbocycles. The summed E-state index contributed by atoms with van der Waals surface area (Å²) in [4.78, 5) is 23.4. The third-order valence-corrected chi connectivity index (χ3v) is 4.04. The number of carboxylic acid groups (broad SMARTS) is 1. The number of hydrogen-bond donors (Lipinski definition) is 2. The topological polar surface area (TPSA) is 66.4 Å². The second kappa shape index (κ2) is 8.48. The Morgan fingerprint density at radius 3 is 2.26 bits per heavy atom. The van der Waals surface area contributed by atoms with Crippen LogP contribution in [-0.4, -0.2) is 17.0 Å². The predicted molar refractivity (Wildman–Crippen MR) is 91.9 cm³/mol. The van der Waals surface area contributed by atoms with Crippen molar-refractivity contribution in [3.8, 4) is 0 Å². The van der Waals surface area contributed by atoms with E-state index in [2.05, 4.69) is 21.2 Å². The van der Waals surface area contributed by atoms with Gasteiger partial charge in [0.15, 0.2) is 0 Å². The van der Waals surface area contributed by atoms with Crippen LogP contribution in [0.15, 0.2) is 59.1 Å². The molecule has 1 atom stereocenters. The molecule has 2 aromatic rings. The maximum Gasteiger partial charge on any atom is 0.307 e. The van der Waals surface area contributed by atoms with Gasteiger partial charge in [-0.05, 0) is 29.7 Å². The van der Waals surface area contributed by atoms with Crippen LogP contribution in [0.3, 0.4) is 0 Å². The highest BCUT2D eigenvalue weighted by Crippen LogP contribution is 2.16. The average Bonchev–Trinajstić information content (AvgIpc) is 2.55. The molecule has 0 saturated carbocycles. The zero-order valence-corrected chi connectivity index (χ0v) is 14.1. The monoisotopic (exact) mass is 375 g/mol. The van der Waals surface area contributed by atoms with Gasteiger partial charge in [-0.3, -0.25) is 9.59 Å². The molecule has 5 heteroatoms. The van der Waals surface area contributed by atoms with Crippen molar-refractivity contribution in [2.24, 2.45) is 5.92 Å². The van der Waals surface area contributed by atoms with E-state index in [-0.39, 0.29) is 12.3 Å². The first-order valence-corrected chi connectivity index (χ1v) is 8.12. The first kappa shape index (κ1) is 17.2. The molecule has 4 nitrogen and oxygen atoms in total. The van der Waals surface area contributed by atoms with Crippen LogP contribution in [0, 0.1) is 5.92 Å². The van der Waals surface area contributed by atoms with Crippen LogP contribution in [0.25, 0.3) is 0 Å². The Kier molecular flexibility index (Phi) is 6.35. The molecule has 1 amide bonds. The maximum absolute atomic E-state index is 12.0. The van der Waals surface area contributed by atoms with Crippen molar-refractivity contribution >= 4 is 27.8 Å². The van der Waals surface area contributed by atoms with Gasteiger partial charge in [0.2, 0.25) is 5.91 Å². The highest BCUT2D eigenvalue weighted by atomic mass is 79.9. The number of hydrogen-bond acceptors (Lipinski definition) is 2. The van der Waals surface area contributed by atoms with E-state index >= 15 is 0 Å². The van der Waals surface area contributed by atoms with Gasteiger partial charge in [-0.2, -0.15) is 0 Å². The van der Waals surface area contributed by atoms with Crippen LogP contribution in [0.4, 0.5) is 0 Å². The minimum atomic E-state index is -0.956. The van der Waals surface area contributed by atoms with Crippen LogP contribution >= 0.6 is 15.9 Å². The Morgan fingerprint density at radius 1 is 1.00 bits per heavy atom. The van der Waals surface area contributed by atoms with Crippen molar-refractivity contribution in [2.75, 3.05) is 0 Å². The number of aliphatic carboxylic acids is 1. The molecule has 2 rings (SSSR count). The number of nitrogens with one attached hydrogen (secondary N) is 1. The molecule has 0 aromatic heterocycles. The van der Waals surface area contributed by atoms with Crippen LogP contribution in [0.2, 0.25) is 0 Å². The third-order valence-electron chi connectivity index (χ3n) is 3.51. The predicted octanol–water partition coefficient (Wildman–Crippen LogP) is 3.40. The van der Waals surface area contributed by atoms with E-state index in [4.69, 9.17) is 0 Å². The average molecular weight is 376 g/mol. The summed E-state index contributed by atoms with van der Waals surface area (Å²) in [6, 6.07) is 17.0. The number of benzene rings is 2. The lowest BCUT2D eigenvalue weighted by atomic mass is 9.96. The molecule has 23 heavy (non-hydrogen) atoms. The fourth-order valence-electron chi connectivity index (χ4n) is 2.24. The number of carbonyl (C=O) groups is 2. The van der Waals surface area contributed by atoms with Gasteiger partial charge in [-0.25, -0.2) is 0 Å². The van der Waals surface area contributed by atoms with E-state index in [9.17, 15) is 14.7 Å². The molecule has 0 heterocycles. The molecule has 0 unspecified atom stereocenters. The summed E-state index contributed by atoms with van der Waals surface area (Å²) in [6.07, 6.45) is 0.305. The first-order valence-electron chi connectivity index (χ1n) is 7.32. The van der Waals surface area contributed by atoms with Crippen LogP contribution in [-0.2, 0) is 22.6 Å². The van der Waals surface area contributed by atoms with Crippen molar-refractivity contribution < 1.29 is 14.7 Å². The number of halogens is 1. The normalized spacial score (nSPS) is 11.7. The second-order valence-electron chi connectivity index (χ2n) is 5.33. The number of rotatable bonds is 7. The van der Waals surface area contributed by atoms with Gasteiger partial charge in [-0.15, -0.1) is 0 Å². The molecule has 0 saturated heterocycles. The molecule has 2 N–H and O–H groups in total. The van der Waals surface area contributed by atoms with E-state index in [0.717, 1.165) is 15.6 Å². The van der Waals surface area contributed by atoms with E-state index in [1.165, 1.54) is 0 Å². The van der Waals surface area contributed by atoms with Crippen molar-refractivity contribution in [1.29, 1.82) is 0 Å². The van der Waals surface area contributed by atoms with Crippen LogP contribution in [0.5, 0.6) is 0 Å². The summed E-state index contributed by atoms with van der Waals surface area (Å²) in [7, 11) is 0. The Hall–Kier alpha value is -2.14. The lowest BCUT2D eigenvalue weighted by Crippen LogP contribution is -2.29. The Morgan fingerprint density at radius 2 is 1.65 bits per heavy atom. The molecule has 0 aliphatic heterocycles. The summed E-state index contributed by atoms with van der Waals surface area (Å²) in [5.74, 6) is -1.94. The molecule has 120 valence electrons. The zero-order chi connectivity index (χ0) is 16.7. The number of carboxylic acids is 1. The standard InChI is InChI=1S/C18H18BrNO3/c19-16-8-6-13(7-9-16)10-15(18(22)23)11-17(21)20-12-14-4-2-1-3-5-14/h1-9,15H,10-12H2,(H,20,21)(H,22,23)/t15-/m0/s1. The lowest BCUT2D eigenvalue weighted by Gasteiger charge is -2.13. The molecular formula is C18H18BrNO3. The molecule has 0 aliphatic rings. The molecule has 0 fully saturated rings. The Balaban J connectivity index is 1.89. The number of carbonyl (C=O) groups excluding carboxylic acids is 1. The van der Waals surface area contributed by atoms with Crippen LogP contribution < -0.4 is 5.32 Å². The maximum atomic E-state index is 12.0. The molecule has 0 spiro atoms. The Labute approximate surface area is 143 Å². The summed E-state index contributed by atoms with van der Waals surface area (Å²) in [5, 5.41) is 12.1. The molecule has 0 bridgehead atoms. The summed E-state index contributed by atoms with van der Waals surface area (Å²) in [6.45, 7) is 0.407.